The van der Waals surface area contributed by atoms with Crippen molar-refractivity contribution in [3.63, 3.8) is 0 Å². The summed E-state index contributed by atoms with van der Waals surface area (Å²) < 4.78 is 11.8. The van der Waals surface area contributed by atoms with Gasteiger partial charge in [-0.1, -0.05) is 12.1 Å². The smallest absolute Gasteiger partial charge is 0.408 e. The highest BCUT2D eigenvalue weighted by Crippen LogP contribution is 2.12. The van der Waals surface area contributed by atoms with Crippen molar-refractivity contribution >= 4 is 17.0 Å². The van der Waals surface area contributed by atoms with E-state index in [0.29, 0.717) is 25.2 Å². The van der Waals surface area contributed by atoms with Gasteiger partial charge in [0.2, 0.25) is 5.91 Å². The molecule has 1 aromatic carbocycles. The van der Waals surface area contributed by atoms with Crippen LogP contribution in [0.2, 0.25) is 0 Å². The van der Waals surface area contributed by atoms with E-state index in [9.17, 15) is 9.59 Å². The lowest BCUT2D eigenvalue weighted by atomic mass is 10.3. The molecule has 0 bridgehead atoms. The molecule has 1 amide bonds. The van der Waals surface area contributed by atoms with E-state index in [4.69, 9.17) is 9.15 Å². The van der Waals surface area contributed by atoms with Crippen molar-refractivity contribution in [2.75, 3.05) is 46.4 Å². The molecule has 23 heavy (non-hydrogen) atoms. The Bertz CT molecular complexity index is 728. The molecule has 0 atom stereocenters. The van der Waals surface area contributed by atoms with Crippen molar-refractivity contribution in [1.29, 1.82) is 0 Å². The number of ether oxygens (including phenoxy) is 1. The zero-order valence-corrected chi connectivity index (χ0v) is 13.2. The van der Waals surface area contributed by atoms with Gasteiger partial charge >= 0.3 is 5.76 Å². The first kappa shape index (κ1) is 15.8. The van der Waals surface area contributed by atoms with Gasteiger partial charge in [0, 0.05) is 46.4 Å². The second-order valence-electron chi connectivity index (χ2n) is 5.64. The number of amides is 1. The van der Waals surface area contributed by atoms with Gasteiger partial charge in [0.15, 0.2) is 5.58 Å². The van der Waals surface area contributed by atoms with E-state index in [2.05, 4.69) is 4.90 Å². The third-order valence-electron chi connectivity index (χ3n) is 4.21. The second kappa shape index (κ2) is 6.97. The SMILES string of the molecule is COCC(=O)N1CCN(CCn2c(=O)oc3ccccc32)CC1. The number of carbonyl (C=O) groups is 1. The second-order valence-corrected chi connectivity index (χ2v) is 5.64. The van der Waals surface area contributed by atoms with Crippen LogP contribution >= 0.6 is 0 Å². The maximum Gasteiger partial charge on any atom is 0.419 e. The van der Waals surface area contributed by atoms with Gasteiger partial charge in [0.1, 0.15) is 6.61 Å². The first-order valence-electron chi connectivity index (χ1n) is 7.76. The maximum atomic E-state index is 11.9. The maximum absolute atomic E-state index is 11.9. The molecule has 0 saturated carbocycles. The van der Waals surface area contributed by atoms with Crippen molar-refractivity contribution in [2.45, 2.75) is 6.54 Å². The van der Waals surface area contributed by atoms with Crippen molar-refractivity contribution in [3.05, 3.63) is 34.8 Å². The van der Waals surface area contributed by atoms with Gasteiger partial charge < -0.3 is 14.1 Å². The fourth-order valence-corrected chi connectivity index (χ4v) is 2.90. The summed E-state index contributed by atoms with van der Waals surface area (Å²) in [5.41, 5.74) is 1.44. The Morgan fingerprint density at radius 1 is 1.17 bits per heavy atom. The summed E-state index contributed by atoms with van der Waals surface area (Å²) in [5, 5.41) is 0. The Balaban J connectivity index is 1.56. The summed E-state index contributed by atoms with van der Waals surface area (Å²) in [6.07, 6.45) is 0. The Labute approximate surface area is 134 Å². The highest BCUT2D eigenvalue weighted by molar-refractivity contribution is 5.77. The van der Waals surface area contributed by atoms with Crippen molar-refractivity contribution < 1.29 is 13.9 Å². The summed E-state index contributed by atoms with van der Waals surface area (Å²) in [6, 6.07) is 7.44. The number of aromatic nitrogens is 1. The van der Waals surface area contributed by atoms with Crippen molar-refractivity contribution in [3.8, 4) is 0 Å². The zero-order chi connectivity index (χ0) is 16.2. The lowest BCUT2D eigenvalue weighted by Gasteiger charge is -2.34. The lowest BCUT2D eigenvalue weighted by molar-refractivity contribution is -0.136. The van der Waals surface area contributed by atoms with E-state index in [0.717, 1.165) is 25.2 Å². The number of benzene rings is 1. The molecule has 0 spiro atoms. The summed E-state index contributed by atoms with van der Waals surface area (Å²) >= 11 is 0. The Kier molecular flexibility index (Phi) is 4.78. The quantitative estimate of drug-likeness (QED) is 0.797. The third kappa shape index (κ3) is 3.46. The van der Waals surface area contributed by atoms with Gasteiger partial charge in [-0.3, -0.25) is 14.3 Å². The van der Waals surface area contributed by atoms with E-state index < -0.39 is 0 Å². The van der Waals surface area contributed by atoms with Crippen LogP contribution in [0.4, 0.5) is 0 Å². The van der Waals surface area contributed by atoms with Crippen LogP contribution in [0, 0.1) is 0 Å². The van der Waals surface area contributed by atoms with Crippen LogP contribution in [0.25, 0.3) is 11.1 Å². The molecule has 7 heteroatoms. The highest BCUT2D eigenvalue weighted by Gasteiger charge is 2.21. The van der Waals surface area contributed by atoms with Gasteiger partial charge in [-0.15, -0.1) is 0 Å². The lowest BCUT2D eigenvalue weighted by Crippen LogP contribution is -2.50. The Morgan fingerprint density at radius 2 is 1.91 bits per heavy atom. The van der Waals surface area contributed by atoms with Gasteiger partial charge in [-0.05, 0) is 12.1 Å². The summed E-state index contributed by atoms with van der Waals surface area (Å²) in [5.74, 6) is -0.288. The molecule has 3 rings (SSSR count). The number of hydrogen-bond donors (Lipinski definition) is 0. The summed E-state index contributed by atoms with van der Waals surface area (Å²) in [7, 11) is 1.53. The van der Waals surface area contributed by atoms with Crippen LogP contribution in [0.1, 0.15) is 0 Å². The fraction of sp³-hybridized carbons (Fsp3) is 0.500. The predicted molar refractivity (Wildman–Crippen MR) is 85.4 cm³/mol. The van der Waals surface area contributed by atoms with Crippen LogP contribution in [-0.4, -0.2) is 66.7 Å². The van der Waals surface area contributed by atoms with Gasteiger partial charge in [-0.25, -0.2) is 4.79 Å². The summed E-state index contributed by atoms with van der Waals surface area (Å²) in [6.45, 7) is 4.49. The first-order valence-corrected chi connectivity index (χ1v) is 7.76. The molecule has 1 aromatic heterocycles. The average molecular weight is 319 g/mol. The van der Waals surface area contributed by atoms with Crippen molar-refractivity contribution in [2.24, 2.45) is 0 Å². The van der Waals surface area contributed by atoms with Crippen LogP contribution in [0.15, 0.2) is 33.5 Å². The van der Waals surface area contributed by atoms with Crippen LogP contribution < -0.4 is 5.76 Å². The number of rotatable bonds is 5. The van der Waals surface area contributed by atoms with E-state index in [-0.39, 0.29) is 18.3 Å². The number of carbonyl (C=O) groups excluding carboxylic acids is 1. The molecular weight excluding hydrogens is 298 g/mol. The number of oxazole rings is 1. The van der Waals surface area contributed by atoms with Crippen molar-refractivity contribution in [1.82, 2.24) is 14.4 Å². The van der Waals surface area contributed by atoms with E-state index in [1.165, 1.54) is 7.11 Å². The molecule has 2 aromatic rings. The molecule has 1 fully saturated rings. The monoisotopic (exact) mass is 319 g/mol. The van der Waals surface area contributed by atoms with E-state index in [1.807, 2.05) is 23.1 Å². The average Bonchev–Trinajstić information content (AvgIpc) is 2.89. The third-order valence-corrected chi connectivity index (χ3v) is 4.21. The van der Waals surface area contributed by atoms with Crippen LogP contribution in [0.3, 0.4) is 0 Å². The molecule has 1 aliphatic heterocycles. The molecular formula is C16H21N3O4. The molecule has 2 heterocycles. The molecule has 7 nitrogen and oxygen atoms in total. The number of fused-ring (bicyclic) bond motifs is 1. The van der Waals surface area contributed by atoms with Gasteiger partial charge in [0.25, 0.3) is 0 Å². The normalized spacial score (nSPS) is 16.1. The molecule has 124 valence electrons. The fourth-order valence-electron chi connectivity index (χ4n) is 2.90. The molecule has 0 aliphatic carbocycles. The molecule has 0 N–H and O–H groups in total. The van der Waals surface area contributed by atoms with Crippen LogP contribution in [0.5, 0.6) is 0 Å². The van der Waals surface area contributed by atoms with Gasteiger partial charge in [0.05, 0.1) is 5.52 Å². The van der Waals surface area contributed by atoms with Crippen LogP contribution in [-0.2, 0) is 16.1 Å². The first-order chi connectivity index (χ1) is 11.2. The minimum atomic E-state index is -0.319. The molecule has 0 radical (unpaired) electrons. The minimum Gasteiger partial charge on any atom is -0.408 e. The van der Waals surface area contributed by atoms with E-state index >= 15 is 0 Å². The number of nitrogens with zero attached hydrogens (tertiary/aromatic N) is 3. The molecule has 0 unspecified atom stereocenters. The summed E-state index contributed by atoms with van der Waals surface area (Å²) in [4.78, 5) is 27.8. The standard InChI is InChI=1S/C16H21N3O4/c1-22-12-15(20)18-9-6-17(7-10-18)8-11-19-13-4-2-3-5-14(13)23-16(19)21/h2-5H,6-12H2,1H3. The zero-order valence-electron chi connectivity index (χ0n) is 13.2. The van der Waals surface area contributed by atoms with Gasteiger partial charge in [-0.2, -0.15) is 0 Å². The van der Waals surface area contributed by atoms with E-state index in [1.54, 1.807) is 10.6 Å². The minimum absolute atomic E-state index is 0.0317. The predicted octanol–water partition coefficient (Wildman–Crippen LogP) is 0.385. The highest BCUT2D eigenvalue weighted by atomic mass is 16.5. The largest absolute Gasteiger partial charge is 0.419 e. The Morgan fingerprint density at radius 3 is 2.65 bits per heavy atom. The molecule has 1 saturated heterocycles. The number of piperazine rings is 1. The topological polar surface area (TPSA) is 67.9 Å². The number of hydrogen-bond acceptors (Lipinski definition) is 5. The Hall–Kier alpha value is -2.12. The number of para-hydroxylation sites is 2. The number of methoxy groups -OCH3 is 1. The molecule has 1 aliphatic rings.